The summed E-state index contributed by atoms with van der Waals surface area (Å²) < 4.78 is 0. The first-order valence-corrected chi connectivity index (χ1v) is 0. The molecule has 0 aromatic heterocycles. The maximum Gasteiger partial charge on any atom is 0 e. The van der Waals surface area contributed by atoms with E-state index in [9.17, 15) is 0 Å². The fourth-order valence-electron chi connectivity index (χ4n) is 0. The molecule has 0 nitrogen and oxygen atoms in total. The first-order valence-electron chi connectivity index (χ1n) is 0. The molecule has 6 heavy (non-hydrogen) atoms. The van der Waals surface area contributed by atoms with Crippen LogP contribution < -0.4 is 0 Å². The van der Waals surface area contributed by atoms with Crippen molar-refractivity contribution in [1.29, 1.82) is 0 Å². The van der Waals surface area contributed by atoms with Gasteiger partial charge in [0, 0.05) is 41.2 Å². The standard InChI is InChI=1S/4ClH.Ti.Zn/h4*1H;;. The van der Waals surface area contributed by atoms with Crippen LogP contribution in [0, 0.1) is 0 Å². The van der Waals surface area contributed by atoms with Crippen LogP contribution >= 0.6 is 49.6 Å². The molecule has 0 aromatic carbocycles. The Morgan fingerprint density at radius 1 is 0.500 bits per heavy atom. The first-order chi connectivity index (χ1) is 0. The van der Waals surface area contributed by atoms with Gasteiger partial charge in [0.2, 0.25) is 0 Å². The fraction of sp³-hybridized carbons (Fsp3) is 0. The van der Waals surface area contributed by atoms with E-state index in [2.05, 4.69) is 0 Å². The molecule has 0 aliphatic rings. The zero-order valence-corrected chi connectivity index (χ0v) is 10.6. The van der Waals surface area contributed by atoms with Crippen molar-refractivity contribution in [2.24, 2.45) is 0 Å². The Kier molecular flexibility index (Phi) is 648. The van der Waals surface area contributed by atoms with Gasteiger partial charge in [-0.3, -0.25) is 0 Å². The zero-order chi connectivity index (χ0) is 0. The van der Waals surface area contributed by atoms with Crippen molar-refractivity contribution in [1.82, 2.24) is 0 Å². The number of hydrogen-bond acceptors (Lipinski definition) is 0. The van der Waals surface area contributed by atoms with Crippen LogP contribution in [0.1, 0.15) is 0 Å². The summed E-state index contributed by atoms with van der Waals surface area (Å²) in [6, 6.07) is 0. The smallest absolute Gasteiger partial charge is 0 e. The van der Waals surface area contributed by atoms with Gasteiger partial charge in [-0.25, -0.2) is 0 Å². The van der Waals surface area contributed by atoms with Crippen LogP contribution in [0.5, 0.6) is 0 Å². The largest absolute Gasteiger partial charge is 0.147 e. The molecule has 6 heteroatoms. The summed E-state index contributed by atoms with van der Waals surface area (Å²) in [7, 11) is 0. The minimum absolute atomic E-state index is 0. The van der Waals surface area contributed by atoms with Gasteiger partial charge >= 0.3 is 0 Å². The summed E-state index contributed by atoms with van der Waals surface area (Å²) in [6.07, 6.45) is 0. The van der Waals surface area contributed by atoms with Gasteiger partial charge in [-0.15, -0.1) is 49.6 Å². The van der Waals surface area contributed by atoms with Gasteiger partial charge < -0.3 is 0 Å². The fourth-order valence-corrected chi connectivity index (χ4v) is 0. The van der Waals surface area contributed by atoms with Crippen LogP contribution in [0.2, 0.25) is 0 Å². The second-order valence-electron chi connectivity index (χ2n) is 0. The van der Waals surface area contributed by atoms with Crippen molar-refractivity contribution in [3.63, 3.8) is 0 Å². The van der Waals surface area contributed by atoms with Crippen LogP contribution in [0.15, 0.2) is 0 Å². The topological polar surface area (TPSA) is 0 Å². The van der Waals surface area contributed by atoms with Crippen LogP contribution in [0.3, 0.4) is 0 Å². The average Bonchev–Trinajstić information content (AvgIpc) is 0. The van der Waals surface area contributed by atoms with Gasteiger partial charge in [0.25, 0.3) is 0 Å². The van der Waals surface area contributed by atoms with Crippen LogP contribution in [-0.4, -0.2) is 0 Å². The summed E-state index contributed by atoms with van der Waals surface area (Å²) in [5.74, 6) is 0. The maximum absolute atomic E-state index is 0. The molecule has 0 unspecified atom stereocenters. The second kappa shape index (κ2) is 50.7. The number of hydrogen-bond donors (Lipinski definition) is 0. The van der Waals surface area contributed by atoms with Crippen LogP contribution in [-0.2, 0) is 41.2 Å². The monoisotopic (exact) mass is 256 g/mol. The van der Waals surface area contributed by atoms with Gasteiger partial charge in [-0.05, 0) is 0 Å². The molecule has 0 saturated heterocycles. The molecule has 0 amide bonds. The van der Waals surface area contributed by atoms with Crippen molar-refractivity contribution in [3.8, 4) is 0 Å². The van der Waals surface area contributed by atoms with E-state index in [1.807, 2.05) is 0 Å². The average molecular weight is 259 g/mol. The third kappa shape index (κ3) is 31.5. The quantitative estimate of drug-likeness (QED) is 0.581. The van der Waals surface area contributed by atoms with E-state index >= 15 is 0 Å². The molecule has 0 rings (SSSR count). The normalized spacial score (nSPS) is 0. The summed E-state index contributed by atoms with van der Waals surface area (Å²) >= 11 is 0. The van der Waals surface area contributed by atoms with Gasteiger partial charge in [-0.2, -0.15) is 0 Å². The third-order valence-electron chi connectivity index (χ3n) is 0. The molecule has 0 N–H and O–H groups in total. The van der Waals surface area contributed by atoms with Crippen molar-refractivity contribution < 1.29 is 41.2 Å². The Balaban J connectivity index is 0. The molecule has 0 spiro atoms. The third-order valence-corrected chi connectivity index (χ3v) is 0. The Hall–Kier alpha value is 2.50. The Morgan fingerprint density at radius 2 is 0.500 bits per heavy atom. The molecule has 0 bridgehead atoms. The minimum Gasteiger partial charge on any atom is -0.147 e. The first kappa shape index (κ1) is 76.6. The van der Waals surface area contributed by atoms with Gasteiger partial charge in [0.15, 0.2) is 0 Å². The molecule has 38 valence electrons. The summed E-state index contributed by atoms with van der Waals surface area (Å²) in [5.41, 5.74) is 0. The maximum atomic E-state index is 0. The van der Waals surface area contributed by atoms with Crippen LogP contribution in [0.4, 0.5) is 0 Å². The number of halogens is 4. The SMILES string of the molecule is Cl.Cl.Cl.Cl.[Ti].[Zn]. The predicted octanol–water partition coefficient (Wildman–Crippen LogP) is 1.68. The Morgan fingerprint density at radius 3 is 0.500 bits per heavy atom. The summed E-state index contributed by atoms with van der Waals surface area (Å²) in [4.78, 5) is 0. The zero-order valence-electron chi connectivity index (χ0n) is 2.84. The van der Waals surface area contributed by atoms with Gasteiger partial charge in [0.1, 0.15) is 0 Å². The minimum atomic E-state index is 0. The van der Waals surface area contributed by atoms with E-state index in [0.717, 1.165) is 0 Å². The van der Waals surface area contributed by atoms with E-state index in [1.54, 1.807) is 0 Å². The van der Waals surface area contributed by atoms with Crippen molar-refractivity contribution in [2.75, 3.05) is 0 Å². The van der Waals surface area contributed by atoms with E-state index in [0.29, 0.717) is 0 Å². The summed E-state index contributed by atoms with van der Waals surface area (Å²) in [5, 5.41) is 0. The Bertz CT molecular complexity index is 7.51. The molecule has 0 aromatic rings. The molecular weight excluding hydrogens is 255 g/mol. The van der Waals surface area contributed by atoms with E-state index < -0.39 is 0 Å². The molecule has 0 atom stereocenters. The molecule has 0 heterocycles. The summed E-state index contributed by atoms with van der Waals surface area (Å²) in [6.45, 7) is 0. The van der Waals surface area contributed by atoms with E-state index in [-0.39, 0.29) is 90.8 Å². The molecule has 0 radical (unpaired) electrons. The van der Waals surface area contributed by atoms with Gasteiger partial charge in [-0.1, -0.05) is 0 Å². The molecular formula is H4Cl4TiZn. The Labute approximate surface area is 89.9 Å². The molecule has 0 aliphatic heterocycles. The molecule has 0 aliphatic carbocycles. The van der Waals surface area contributed by atoms with Gasteiger partial charge in [0.05, 0.1) is 0 Å². The van der Waals surface area contributed by atoms with Crippen molar-refractivity contribution in [2.45, 2.75) is 0 Å². The molecule has 0 fully saturated rings. The second-order valence-corrected chi connectivity index (χ2v) is 0. The van der Waals surface area contributed by atoms with Crippen molar-refractivity contribution in [3.05, 3.63) is 0 Å². The van der Waals surface area contributed by atoms with E-state index in [1.165, 1.54) is 0 Å². The molecule has 0 saturated carbocycles. The van der Waals surface area contributed by atoms with Crippen LogP contribution in [0.25, 0.3) is 0 Å². The predicted molar refractivity (Wildman–Crippen MR) is 29.0 cm³/mol. The van der Waals surface area contributed by atoms with E-state index in [4.69, 9.17) is 0 Å². The van der Waals surface area contributed by atoms with Crippen molar-refractivity contribution >= 4 is 49.6 Å². The number of rotatable bonds is 0.